The summed E-state index contributed by atoms with van der Waals surface area (Å²) in [6.07, 6.45) is 1.45. The molecule has 1 aromatic rings. The normalized spacial score (nSPS) is 25.4. The third-order valence-electron chi connectivity index (χ3n) is 5.12. The number of benzene rings is 1. The highest BCUT2D eigenvalue weighted by Crippen LogP contribution is 2.51. The molecule has 5 nitrogen and oxygen atoms in total. The molecule has 2 amide bonds. The van der Waals surface area contributed by atoms with Crippen molar-refractivity contribution in [3.63, 3.8) is 0 Å². The number of carbonyl (C=O) groups excluding carboxylic acids is 3. The summed E-state index contributed by atoms with van der Waals surface area (Å²) in [4.78, 5) is 38.2. The van der Waals surface area contributed by atoms with Crippen molar-refractivity contribution in [3.8, 4) is 0 Å². The Labute approximate surface area is 154 Å². The van der Waals surface area contributed by atoms with Gasteiger partial charge in [-0.25, -0.2) is 10.0 Å². The number of halogens is 1. The summed E-state index contributed by atoms with van der Waals surface area (Å²) in [6, 6.07) is 7.10. The van der Waals surface area contributed by atoms with E-state index in [1.165, 1.54) is 10.0 Å². The molecule has 1 aliphatic carbocycles. The van der Waals surface area contributed by atoms with E-state index >= 15 is 0 Å². The number of allylic oxidation sites excluding steroid dienone is 1. The predicted molar refractivity (Wildman–Crippen MR) is 94.9 cm³/mol. The molecule has 0 radical (unpaired) electrons. The third kappa shape index (κ3) is 2.54. The summed E-state index contributed by atoms with van der Waals surface area (Å²) >= 11 is 3.42. The fourth-order valence-corrected chi connectivity index (χ4v) is 4.35. The van der Waals surface area contributed by atoms with E-state index in [9.17, 15) is 14.4 Å². The molecule has 0 aromatic heterocycles. The number of nitrogens with zero attached hydrogens (tertiary/aromatic N) is 2. The van der Waals surface area contributed by atoms with E-state index < -0.39 is 6.04 Å². The van der Waals surface area contributed by atoms with Crippen molar-refractivity contribution >= 4 is 33.5 Å². The fourth-order valence-electron chi connectivity index (χ4n) is 4.08. The number of ketones is 1. The maximum Gasteiger partial charge on any atom is 0.246 e. The molecule has 2 aliphatic heterocycles. The van der Waals surface area contributed by atoms with Crippen LogP contribution in [0.2, 0.25) is 0 Å². The minimum absolute atomic E-state index is 0.0363. The van der Waals surface area contributed by atoms with Crippen LogP contribution < -0.4 is 0 Å². The van der Waals surface area contributed by atoms with E-state index in [-0.39, 0.29) is 35.9 Å². The first kappa shape index (κ1) is 16.5. The molecule has 1 unspecified atom stereocenters. The predicted octanol–water partition coefficient (Wildman–Crippen LogP) is 3.51. The zero-order valence-electron chi connectivity index (χ0n) is 14.2. The molecule has 2 heterocycles. The molecule has 0 spiro atoms. The van der Waals surface area contributed by atoms with Gasteiger partial charge in [-0.15, -0.1) is 0 Å². The first-order valence-corrected chi connectivity index (χ1v) is 9.24. The lowest BCUT2D eigenvalue weighted by molar-refractivity contribution is -0.167. The largest absolute Gasteiger partial charge is 0.294 e. The number of hydrazine groups is 1. The van der Waals surface area contributed by atoms with Gasteiger partial charge in [-0.05, 0) is 29.5 Å². The van der Waals surface area contributed by atoms with Gasteiger partial charge >= 0.3 is 0 Å². The van der Waals surface area contributed by atoms with Gasteiger partial charge < -0.3 is 0 Å². The van der Waals surface area contributed by atoms with Crippen LogP contribution in [0.15, 0.2) is 40.0 Å². The van der Waals surface area contributed by atoms with Crippen molar-refractivity contribution in [2.45, 2.75) is 45.6 Å². The van der Waals surface area contributed by atoms with E-state index in [0.717, 1.165) is 10.0 Å². The SMILES string of the molecule is CC1(C)CC(=O)C2=C(C1)N1C(=O)CCC(=O)N1C2c1ccc(Br)cc1. The summed E-state index contributed by atoms with van der Waals surface area (Å²) in [5, 5.41) is 3.01. The highest BCUT2D eigenvalue weighted by Gasteiger charge is 2.52. The van der Waals surface area contributed by atoms with Crippen LogP contribution in [-0.4, -0.2) is 27.6 Å². The molecule has 130 valence electrons. The van der Waals surface area contributed by atoms with Crippen LogP contribution >= 0.6 is 15.9 Å². The van der Waals surface area contributed by atoms with Gasteiger partial charge in [0.1, 0.15) is 6.04 Å². The molecule has 0 saturated carbocycles. The molecule has 0 N–H and O–H groups in total. The van der Waals surface area contributed by atoms with Crippen LogP contribution in [0, 0.1) is 5.41 Å². The number of hydrogen-bond acceptors (Lipinski definition) is 3. The zero-order valence-corrected chi connectivity index (χ0v) is 15.8. The van der Waals surface area contributed by atoms with Gasteiger partial charge in [0.2, 0.25) is 11.8 Å². The topological polar surface area (TPSA) is 57.7 Å². The Kier molecular flexibility index (Phi) is 3.65. The molecule has 25 heavy (non-hydrogen) atoms. The minimum Gasteiger partial charge on any atom is -0.294 e. The average molecular weight is 403 g/mol. The van der Waals surface area contributed by atoms with Crippen molar-refractivity contribution in [3.05, 3.63) is 45.6 Å². The van der Waals surface area contributed by atoms with Crippen molar-refractivity contribution in [2.75, 3.05) is 0 Å². The van der Waals surface area contributed by atoms with Crippen molar-refractivity contribution in [1.29, 1.82) is 0 Å². The maximum atomic E-state index is 13.0. The lowest BCUT2D eigenvalue weighted by Gasteiger charge is -2.38. The number of hydrogen-bond donors (Lipinski definition) is 0. The molecule has 1 fully saturated rings. The van der Waals surface area contributed by atoms with Crippen LogP contribution in [0.4, 0.5) is 0 Å². The molecule has 1 saturated heterocycles. The van der Waals surface area contributed by atoms with Gasteiger partial charge in [0.15, 0.2) is 5.78 Å². The van der Waals surface area contributed by atoms with Crippen LogP contribution in [0.25, 0.3) is 0 Å². The molecule has 1 aromatic carbocycles. The summed E-state index contributed by atoms with van der Waals surface area (Å²) in [5.74, 6) is -0.168. The Morgan fingerprint density at radius 1 is 1.00 bits per heavy atom. The maximum absolute atomic E-state index is 13.0. The van der Waals surface area contributed by atoms with E-state index in [2.05, 4.69) is 15.9 Å². The number of amides is 2. The van der Waals surface area contributed by atoms with Crippen molar-refractivity contribution in [2.24, 2.45) is 5.41 Å². The second-order valence-corrected chi connectivity index (χ2v) is 8.61. The Morgan fingerprint density at radius 3 is 2.32 bits per heavy atom. The van der Waals surface area contributed by atoms with Crippen LogP contribution in [0.5, 0.6) is 0 Å². The van der Waals surface area contributed by atoms with Gasteiger partial charge in [-0.3, -0.25) is 14.4 Å². The van der Waals surface area contributed by atoms with Crippen LogP contribution in [-0.2, 0) is 14.4 Å². The Bertz CT molecular complexity index is 826. The Balaban J connectivity index is 1.90. The van der Waals surface area contributed by atoms with Crippen molar-refractivity contribution in [1.82, 2.24) is 10.0 Å². The first-order valence-electron chi connectivity index (χ1n) is 8.45. The fraction of sp³-hybridized carbons (Fsp3) is 0.421. The molecule has 1 atom stereocenters. The highest BCUT2D eigenvalue weighted by molar-refractivity contribution is 9.10. The standard InChI is InChI=1S/C19H19BrN2O3/c1-19(2)9-13-17(14(23)10-19)18(11-3-5-12(20)6-4-11)22-16(25)8-7-15(24)21(13)22/h3-6,18H,7-10H2,1-2H3. The number of fused-ring (bicyclic) bond motifs is 2. The number of rotatable bonds is 1. The molecular formula is C19H19BrN2O3. The molecule has 3 aliphatic rings. The molecule has 6 heteroatoms. The average Bonchev–Trinajstić information content (AvgIpc) is 2.87. The van der Waals surface area contributed by atoms with Gasteiger partial charge in [-0.1, -0.05) is 41.9 Å². The quantitative estimate of drug-likeness (QED) is 0.721. The number of carbonyl (C=O) groups is 3. The number of Topliss-reactive ketones (excluding diaryl/α,β-unsaturated/α-hetero) is 1. The Morgan fingerprint density at radius 2 is 1.64 bits per heavy atom. The third-order valence-corrected chi connectivity index (χ3v) is 5.64. The van der Waals surface area contributed by atoms with Crippen molar-refractivity contribution < 1.29 is 14.4 Å². The molecular weight excluding hydrogens is 384 g/mol. The van der Waals surface area contributed by atoms with Gasteiger partial charge in [0, 0.05) is 29.3 Å². The van der Waals surface area contributed by atoms with E-state index in [0.29, 0.717) is 24.1 Å². The minimum atomic E-state index is -0.497. The lowest BCUT2D eigenvalue weighted by Crippen LogP contribution is -2.50. The van der Waals surface area contributed by atoms with Gasteiger partial charge in [0.05, 0.1) is 5.70 Å². The summed E-state index contributed by atoms with van der Waals surface area (Å²) in [7, 11) is 0. The zero-order chi connectivity index (χ0) is 17.9. The second-order valence-electron chi connectivity index (χ2n) is 7.70. The smallest absolute Gasteiger partial charge is 0.246 e. The van der Waals surface area contributed by atoms with E-state index in [4.69, 9.17) is 0 Å². The van der Waals surface area contributed by atoms with Crippen LogP contribution in [0.3, 0.4) is 0 Å². The van der Waals surface area contributed by atoms with Gasteiger partial charge in [0.25, 0.3) is 0 Å². The Hall–Kier alpha value is -1.95. The van der Waals surface area contributed by atoms with Gasteiger partial charge in [-0.2, -0.15) is 0 Å². The second kappa shape index (κ2) is 5.53. The monoisotopic (exact) mass is 402 g/mol. The summed E-state index contributed by atoms with van der Waals surface area (Å²) in [5.41, 5.74) is 1.98. The first-order chi connectivity index (χ1) is 11.8. The lowest BCUT2D eigenvalue weighted by atomic mass is 9.74. The summed E-state index contributed by atoms with van der Waals surface area (Å²) < 4.78 is 0.928. The molecule has 0 bridgehead atoms. The van der Waals surface area contributed by atoms with E-state index in [1.807, 2.05) is 38.1 Å². The van der Waals surface area contributed by atoms with E-state index in [1.54, 1.807) is 0 Å². The summed E-state index contributed by atoms with van der Waals surface area (Å²) in [6.45, 7) is 4.06. The van der Waals surface area contributed by atoms with Crippen LogP contribution in [0.1, 0.15) is 51.1 Å². The molecule has 4 rings (SSSR count). The highest BCUT2D eigenvalue weighted by atomic mass is 79.9.